The summed E-state index contributed by atoms with van der Waals surface area (Å²) in [6, 6.07) is -0.833. The van der Waals surface area contributed by atoms with Crippen molar-refractivity contribution < 1.29 is 19.1 Å². The van der Waals surface area contributed by atoms with Crippen LogP contribution >= 0.6 is 0 Å². The van der Waals surface area contributed by atoms with Crippen molar-refractivity contribution in [1.29, 1.82) is 0 Å². The first-order chi connectivity index (χ1) is 15.7. The number of hydrogen-bond acceptors (Lipinski definition) is 4. The first-order valence-electron chi connectivity index (χ1n) is 13.5. The van der Waals surface area contributed by atoms with Gasteiger partial charge in [-0.1, -0.05) is 96.8 Å². The molecule has 0 heterocycles. The van der Waals surface area contributed by atoms with Gasteiger partial charge < -0.3 is 15.8 Å². The summed E-state index contributed by atoms with van der Waals surface area (Å²) in [5.41, 5.74) is 4.54. The van der Waals surface area contributed by atoms with Crippen LogP contribution < -0.4 is 11.1 Å². The van der Waals surface area contributed by atoms with E-state index in [1.165, 1.54) is 77.0 Å². The molecule has 1 atom stereocenters. The van der Waals surface area contributed by atoms with Gasteiger partial charge in [-0.25, -0.2) is 4.79 Å². The van der Waals surface area contributed by atoms with Gasteiger partial charge in [-0.2, -0.15) is 0 Å². The van der Waals surface area contributed by atoms with E-state index in [4.69, 9.17) is 10.5 Å². The number of amides is 2. The first-order valence-corrected chi connectivity index (χ1v) is 13.5. The number of hydrogen-bond donors (Lipinski definition) is 2. The molecule has 0 aromatic rings. The van der Waals surface area contributed by atoms with E-state index in [1.54, 1.807) is 20.8 Å². The Kier molecular flexibility index (Phi) is 18.9. The van der Waals surface area contributed by atoms with Crippen LogP contribution in [0.3, 0.4) is 0 Å². The predicted octanol–water partition coefficient (Wildman–Crippen LogP) is 6.34. The number of esters is 1. The lowest BCUT2D eigenvalue weighted by molar-refractivity contribution is -0.158. The molecular weight excluding hydrogens is 416 g/mol. The quantitative estimate of drug-likeness (QED) is 0.152. The van der Waals surface area contributed by atoms with E-state index < -0.39 is 23.5 Å². The van der Waals surface area contributed by atoms with Crippen molar-refractivity contribution in [3.05, 3.63) is 0 Å². The molecule has 2 amide bonds. The number of ether oxygens (including phenoxy) is 1. The third-order valence-corrected chi connectivity index (χ3v) is 5.71. The van der Waals surface area contributed by atoms with Crippen molar-refractivity contribution in [1.82, 2.24) is 5.32 Å². The first kappa shape index (κ1) is 31.4. The van der Waals surface area contributed by atoms with E-state index in [2.05, 4.69) is 12.2 Å². The molecule has 0 aliphatic heterocycles. The Morgan fingerprint density at radius 2 is 1.15 bits per heavy atom. The third-order valence-electron chi connectivity index (χ3n) is 5.71. The maximum Gasteiger partial charge on any atom is 0.329 e. The Labute approximate surface area is 203 Å². The van der Waals surface area contributed by atoms with Crippen LogP contribution in [0, 0.1) is 0 Å². The Bertz CT molecular complexity index is 529. The fraction of sp³-hybridized carbons (Fsp3) is 0.889. The summed E-state index contributed by atoms with van der Waals surface area (Å²) in [5.74, 6) is -1.20. The fourth-order valence-corrected chi connectivity index (χ4v) is 3.83. The van der Waals surface area contributed by atoms with Crippen molar-refractivity contribution in [3.8, 4) is 0 Å². The summed E-state index contributed by atoms with van der Waals surface area (Å²) in [5, 5.41) is 2.72. The van der Waals surface area contributed by atoms with Crippen LogP contribution in [0.1, 0.15) is 143 Å². The second-order valence-corrected chi connectivity index (χ2v) is 10.4. The zero-order valence-electron chi connectivity index (χ0n) is 22.0. The zero-order valence-corrected chi connectivity index (χ0v) is 22.0. The summed E-state index contributed by atoms with van der Waals surface area (Å²) >= 11 is 0. The van der Waals surface area contributed by atoms with Crippen molar-refractivity contribution in [2.24, 2.45) is 5.73 Å². The number of unbranched alkanes of at least 4 members (excludes halogenated alkanes) is 14. The SMILES string of the molecule is CCCCCCCCCCCCCCCCCC(=O)N[C@@H](CCC(N)=O)C(=O)OC(C)(C)C. The Hall–Kier alpha value is -1.59. The number of carbonyl (C=O) groups is 3. The van der Waals surface area contributed by atoms with Crippen molar-refractivity contribution in [2.75, 3.05) is 0 Å². The molecule has 6 heteroatoms. The summed E-state index contributed by atoms with van der Waals surface area (Å²) in [6.07, 6.45) is 19.7. The normalized spacial score (nSPS) is 12.4. The van der Waals surface area contributed by atoms with Gasteiger partial charge in [0, 0.05) is 12.8 Å². The van der Waals surface area contributed by atoms with Gasteiger partial charge >= 0.3 is 5.97 Å². The predicted molar refractivity (Wildman–Crippen MR) is 136 cm³/mol. The molecular formula is C27H52N2O4. The number of primary amides is 1. The van der Waals surface area contributed by atoms with Crippen LogP contribution in [0.5, 0.6) is 0 Å². The van der Waals surface area contributed by atoms with Crippen LogP contribution in [0.15, 0.2) is 0 Å². The second-order valence-electron chi connectivity index (χ2n) is 10.4. The van der Waals surface area contributed by atoms with Gasteiger partial charge in [-0.05, 0) is 33.6 Å². The minimum Gasteiger partial charge on any atom is -0.458 e. The van der Waals surface area contributed by atoms with Crippen molar-refractivity contribution in [3.63, 3.8) is 0 Å². The van der Waals surface area contributed by atoms with Crippen LogP contribution in [0.25, 0.3) is 0 Å². The van der Waals surface area contributed by atoms with E-state index in [0.717, 1.165) is 19.3 Å². The number of rotatable bonds is 21. The lowest BCUT2D eigenvalue weighted by Crippen LogP contribution is -2.44. The molecule has 0 saturated heterocycles. The van der Waals surface area contributed by atoms with Crippen LogP contribution in [-0.2, 0) is 19.1 Å². The second kappa shape index (κ2) is 19.8. The number of nitrogens with one attached hydrogen (secondary N) is 1. The van der Waals surface area contributed by atoms with Crippen LogP contribution in [-0.4, -0.2) is 29.4 Å². The standard InChI is InChI=1S/C27H52N2O4/c1-5-6-7-8-9-10-11-12-13-14-15-16-17-18-19-20-25(31)29-23(21-22-24(28)30)26(32)33-27(2,3)4/h23H,5-22H2,1-4H3,(H2,28,30)(H,29,31)/t23-/m0/s1. The molecule has 3 N–H and O–H groups in total. The monoisotopic (exact) mass is 468 g/mol. The van der Waals surface area contributed by atoms with Gasteiger partial charge in [-0.3, -0.25) is 9.59 Å². The van der Waals surface area contributed by atoms with E-state index in [0.29, 0.717) is 6.42 Å². The smallest absolute Gasteiger partial charge is 0.329 e. The van der Waals surface area contributed by atoms with Crippen molar-refractivity contribution in [2.45, 2.75) is 155 Å². The molecule has 0 saturated carbocycles. The summed E-state index contributed by atoms with van der Waals surface area (Å²) in [7, 11) is 0. The molecule has 194 valence electrons. The summed E-state index contributed by atoms with van der Waals surface area (Å²) in [4.78, 5) is 35.7. The Balaban J connectivity index is 3.80. The highest BCUT2D eigenvalue weighted by Crippen LogP contribution is 2.14. The third kappa shape index (κ3) is 22.0. The van der Waals surface area contributed by atoms with Gasteiger partial charge in [0.05, 0.1) is 0 Å². The van der Waals surface area contributed by atoms with E-state index in [-0.39, 0.29) is 18.7 Å². The summed E-state index contributed by atoms with van der Waals surface area (Å²) < 4.78 is 5.36. The minimum absolute atomic E-state index is 0.0309. The lowest BCUT2D eigenvalue weighted by atomic mass is 10.0. The molecule has 0 bridgehead atoms. The average molecular weight is 469 g/mol. The van der Waals surface area contributed by atoms with Gasteiger partial charge in [0.2, 0.25) is 11.8 Å². The van der Waals surface area contributed by atoms with Gasteiger partial charge in [0.15, 0.2) is 0 Å². The Morgan fingerprint density at radius 1 is 0.727 bits per heavy atom. The molecule has 0 radical (unpaired) electrons. The lowest BCUT2D eigenvalue weighted by Gasteiger charge is -2.24. The number of carbonyl (C=O) groups excluding carboxylic acids is 3. The minimum atomic E-state index is -0.833. The Morgan fingerprint density at radius 3 is 1.55 bits per heavy atom. The molecule has 0 fully saturated rings. The summed E-state index contributed by atoms with van der Waals surface area (Å²) in [6.45, 7) is 7.57. The largest absolute Gasteiger partial charge is 0.458 e. The van der Waals surface area contributed by atoms with Gasteiger partial charge in [0.1, 0.15) is 11.6 Å². The molecule has 33 heavy (non-hydrogen) atoms. The van der Waals surface area contributed by atoms with Gasteiger partial charge in [-0.15, -0.1) is 0 Å². The van der Waals surface area contributed by atoms with Crippen LogP contribution in [0.2, 0.25) is 0 Å². The molecule has 0 aliphatic carbocycles. The molecule has 0 rings (SSSR count). The molecule has 0 spiro atoms. The fourth-order valence-electron chi connectivity index (χ4n) is 3.83. The molecule has 0 unspecified atom stereocenters. The average Bonchev–Trinajstić information content (AvgIpc) is 2.72. The highest BCUT2D eigenvalue weighted by molar-refractivity contribution is 5.85. The molecule has 0 aromatic carbocycles. The van der Waals surface area contributed by atoms with Crippen LogP contribution in [0.4, 0.5) is 0 Å². The molecule has 0 aromatic heterocycles. The van der Waals surface area contributed by atoms with Crippen molar-refractivity contribution >= 4 is 17.8 Å². The maximum atomic E-state index is 12.3. The molecule has 0 aliphatic rings. The van der Waals surface area contributed by atoms with Gasteiger partial charge in [0.25, 0.3) is 0 Å². The highest BCUT2D eigenvalue weighted by atomic mass is 16.6. The van der Waals surface area contributed by atoms with E-state index in [1.807, 2.05) is 0 Å². The zero-order chi connectivity index (χ0) is 25.0. The number of nitrogens with two attached hydrogens (primary N) is 1. The topological polar surface area (TPSA) is 98.5 Å². The maximum absolute atomic E-state index is 12.3. The van der Waals surface area contributed by atoms with E-state index >= 15 is 0 Å². The highest BCUT2D eigenvalue weighted by Gasteiger charge is 2.26. The van der Waals surface area contributed by atoms with E-state index in [9.17, 15) is 14.4 Å². The molecule has 6 nitrogen and oxygen atoms in total.